The Balaban J connectivity index is 1.76. The van der Waals surface area contributed by atoms with Crippen molar-refractivity contribution in [2.75, 3.05) is 0 Å². The lowest BCUT2D eigenvalue weighted by Gasteiger charge is -2.18. The van der Waals surface area contributed by atoms with Crippen LogP contribution in [0.1, 0.15) is 44.5 Å². The summed E-state index contributed by atoms with van der Waals surface area (Å²) in [5, 5.41) is 61.6. The van der Waals surface area contributed by atoms with E-state index in [1.807, 2.05) is 24.3 Å². The molecule has 0 heterocycles. The van der Waals surface area contributed by atoms with Crippen LogP contribution in [0.5, 0.6) is 34.5 Å². The summed E-state index contributed by atoms with van der Waals surface area (Å²) in [6.07, 6.45) is 0.895. The second kappa shape index (κ2) is 9.50. The summed E-state index contributed by atoms with van der Waals surface area (Å²) >= 11 is 0. The zero-order valence-corrected chi connectivity index (χ0v) is 19.6. The summed E-state index contributed by atoms with van der Waals surface area (Å²) in [6.45, 7) is 3.60. The molecule has 180 valence electrons. The summed E-state index contributed by atoms with van der Waals surface area (Å²) in [5.74, 6) is 0.0455. The van der Waals surface area contributed by atoms with Crippen LogP contribution in [0.15, 0.2) is 60.7 Å². The van der Waals surface area contributed by atoms with Gasteiger partial charge in [-0.1, -0.05) is 36.4 Å². The number of hydrogen-bond donors (Lipinski definition) is 6. The Morgan fingerprint density at radius 1 is 0.457 bits per heavy atom. The molecule has 0 saturated carbocycles. The van der Waals surface area contributed by atoms with Crippen molar-refractivity contribution in [3.8, 4) is 34.5 Å². The Morgan fingerprint density at radius 3 is 1.20 bits per heavy atom. The smallest absolute Gasteiger partial charge is 0.122 e. The number of aromatic hydroxyl groups is 6. The van der Waals surface area contributed by atoms with Crippen LogP contribution in [0.3, 0.4) is 0 Å². The molecule has 0 spiro atoms. The third-order valence-electron chi connectivity index (χ3n) is 6.42. The van der Waals surface area contributed by atoms with Gasteiger partial charge >= 0.3 is 0 Å². The van der Waals surface area contributed by atoms with Crippen LogP contribution in [0.2, 0.25) is 0 Å². The van der Waals surface area contributed by atoms with Gasteiger partial charge < -0.3 is 30.6 Å². The summed E-state index contributed by atoms with van der Waals surface area (Å²) in [7, 11) is 0. The Bertz CT molecular complexity index is 1300. The zero-order valence-electron chi connectivity index (χ0n) is 19.6. The van der Waals surface area contributed by atoms with Gasteiger partial charge in [0, 0.05) is 36.1 Å². The van der Waals surface area contributed by atoms with Crippen LogP contribution in [-0.2, 0) is 19.3 Å². The predicted molar refractivity (Wildman–Crippen MR) is 134 cm³/mol. The Kier molecular flexibility index (Phi) is 6.47. The van der Waals surface area contributed by atoms with Gasteiger partial charge in [-0.2, -0.15) is 0 Å². The SMILES string of the molecule is Cc1ccc(Cc2ccc(C)c(O)c2Cc2ccc(O)cc2O)c(Cc2ccc(O)cc2O)c1O. The van der Waals surface area contributed by atoms with Gasteiger partial charge in [-0.05, 0) is 65.8 Å². The van der Waals surface area contributed by atoms with Gasteiger partial charge in [0.2, 0.25) is 0 Å². The summed E-state index contributed by atoms with van der Waals surface area (Å²) < 4.78 is 0. The van der Waals surface area contributed by atoms with Gasteiger partial charge in [0.15, 0.2) is 0 Å². The van der Waals surface area contributed by atoms with Crippen molar-refractivity contribution in [3.05, 3.63) is 105 Å². The average molecular weight is 473 g/mol. The van der Waals surface area contributed by atoms with Crippen molar-refractivity contribution in [1.82, 2.24) is 0 Å². The van der Waals surface area contributed by atoms with Crippen LogP contribution in [-0.4, -0.2) is 30.6 Å². The van der Waals surface area contributed by atoms with E-state index in [1.165, 1.54) is 24.3 Å². The van der Waals surface area contributed by atoms with Gasteiger partial charge in [-0.15, -0.1) is 0 Å². The van der Waals surface area contributed by atoms with E-state index in [0.29, 0.717) is 39.8 Å². The first-order valence-electron chi connectivity index (χ1n) is 11.3. The summed E-state index contributed by atoms with van der Waals surface area (Å²) in [4.78, 5) is 0. The molecule has 0 radical (unpaired) electrons. The Labute approximate surface area is 203 Å². The topological polar surface area (TPSA) is 121 Å². The molecule has 0 saturated heterocycles. The van der Waals surface area contributed by atoms with E-state index in [-0.39, 0.29) is 47.3 Å². The van der Waals surface area contributed by atoms with Crippen LogP contribution in [0.25, 0.3) is 0 Å². The van der Waals surface area contributed by atoms with Crippen LogP contribution in [0.4, 0.5) is 0 Å². The van der Waals surface area contributed by atoms with Crippen molar-refractivity contribution >= 4 is 0 Å². The average Bonchev–Trinajstić information content (AvgIpc) is 2.81. The molecule has 0 bridgehead atoms. The third kappa shape index (κ3) is 4.96. The molecule has 6 heteroatoms. The third-order valence-corrected chi connectivity index (χ3v) is 6.42. The standard InChI is InChI=1S/C29H28O6/c1-16-3-5-18(24(28(16)34)12-20-7-9-22(30)14-26(20)32)11-19-6-4-17(2)29(35)25(19)13-21-8-10-23(31)15-27(21)33/h3-10,14-15,30-35H,11-13H2,1-2H3. The van der Waals surface area contributed by atoms with Crippen molar-refractivity contribution < 1.29 is 30.6 Å². The predicted octanol–water partition coefficient (Wildman–Crippen LogP) is 5.31. The molecule has 6 nitrogen and oxygen atoms in total. The molecule has 0 unspecified atom stereocenters. The van der Waals surface area contributed by atoms with Crippen LogP contribution in [0, 0.1) is 13.8 Å². The van der Waals surface area contributed by atoms with E-state index in [9.17, 15) is 30.6 Å². The maximum absolute atomic E-state index is 10.9. The first-order chi connectivity index (χ1) is 16.6. The normalized spacial score (nSPS) is 11.0. The molecule has 0 fully saturated rings. The molecule has 0 aromatic heterocycles. The summed E-state index contributed by atoms with van der Waals surface area (Å²) in [6, 6.07) is 16.2. The second-order valence-electron chi connectivity index (χ2n) is 8.89. The van der Waals surface area contributed by atoms with Crippen molar-refractivity contribution in [1.29, 1.82) is 0 Å². The number of phenols is 6. The maximum Gasteiger partial charge on any atom is 0.122 e. The first kappa shape index (κ1) is 23.8. The maximum atomic E-state index is 10.9. The molecule has 6 N–H and O–H groups in total. The molecular formula is C29H28O6. The molecule has 4 rings (SSSR count). The van der Waals surface area contributed by atoms with Crippen molar-refractivity contribution in [3.63, 3.8) is 0 Å². The van der Waals surface area contributed by atoms with E-state index >= 15 is 0 Å². The minimum absolute atomic E-state index is 0.0443. The molecule has 35 heavy (non-hydrogen) atoms. The highest BCUT2D eigenvalue weighted by Crippen LogP contribution is 2.36. The lowest BCUT2D eigenvalue weighted by Crippen LogP contribution is -2.03. The molecule has 4 aromatic carbocycles. The minimum atomic E-state index is -0.0617. The van der Waals surface area contributed by atoms with Gasteiger partial charge in [0.05, 0.1) is 0 Å². The lowest BCUT2D eigenvalue weighted by atomic mass is 9.88. The van der Waals surface area contributed by atoms with Gasteiger partial charge in [-0.25, -0.2) is 0 Å². The Morgan fingerprint density at radius 2 is 0.829 bits per heavy atom. The molecule has 0 aliphatic heterocycles. The fraction of sp³-hybridized carbons (Fsp3) is 0.172. The molecule has 0 amide bonds. The van der Waals surface area contributed by atoms with E-state index in [2.05, 4.69) is 0 Å². The van der Waals surface area contributed by atoms with Crippen LogP contribution >= 0.6 is 0 Å². The molecule has 0 aliphatic rings. The molecule has 4 aromatic rings. The van der Waals surface area contributed by atoms with Crippen molar-refractivity contribution in [2.45, 2.75) is 33.1 Å². The van der Waals surface area contributed by atoms with E-state index in [4.69, 9.17) is 0 Å². The molecule has 0 atom stereocenters. The van der Waals surface area contributed by atoms with Crippen LogP contribution < -0.4 is 0 Å². The minimum Gasteiger partial charge on any atom is -0.508 e. The molecular weight excluding hydrogens is 444 g/mol. The summed E-state index contributed by atoms with van der Waals surface area (Å²) in [5.41, 5.74) is 5.44. The second-order valence-corrected chi connectivity index (χ2v) is 8.89. The van der Waals surface area contributed by atoms with Crippen molar-refractivity contribution in [2.24, 2.45) is 0 Å². The number of rotatable bonds is 6. The van der Waals surface area contributed by atoms with Gasteiger partial charge in [0.25, 0.3) is 0 Å². The highest BCUT2D eigenvalue weighted by molar-refractivity contribution is 5.55. The highest BCUT2D eigenvalue weighted by Gasteiger charge is 2.18. The van der Waals surface area contributed by atoms with E-state index in [1.54, 1.807) is 26.0 Å². The quantitative estimate of drug-likeness (QED) is 0.226. The van der Waals surface area contributed by atoms with Gasteiger partial charge in [-0.3, -0.25) is 0 Å². The Hall–Kier alpha value is -4.32. The highest BCUT2D eigenvalue weighted by atomic mass is 16.3. The fourth-order valence-electron chi connectivity index (χ4n) is 4.31. The lowest BCUT2D eigenvalue weighted by molar-refractivity contribution is 0.444. The number of phenolic OH excluding ortho intramolecular Hbond substituents is 6. The van der Waals surface area contributed by atoms with Gasteiger partial charge in [0.1, 0.15) is 34.5 Å². The molecule has 0 aliphatic carbocycles. The zero-order chi connectivity index (χ0) is 25.3. The number of benzene rings is 4. The van der Waals surface area contributed by atoms with E-state index < -0.39 is 0 Å². The van der Waals surface area contributed by atoms with E-state index in [0.717, 1.165) is 11.1 Å². The number of aryl methyl sites for hydroxylation is 2. The number of hydrogen-bond acceptors (Lipinski definition) is 6. The first-order valence-corrected chi connectivity index (χ1v) is 11.3. The fourth-order valence-corrected chi connectivity index (χ4v) is 4.31. The largest absolute Gasteiger partial charge is 0.508 e. The monoisotopic (exact) mass is 472 g/mol.